The molecule has 2 bridgehead atoms. The first-order valence-electron chi connectivity index (χ1n) is 9.07. The normalized spacial score (nSPS) is 29.7. The van der Waals surface area contributed by atoms with Gasteiger partial charge in [0.1, 0.15) is 10.9 Å². The summed E-state index contributed by atoms with van der Waals surface area (Å²) in [4.78, 5) is 27.3. The van der Waals surface area contributed by atoms with Crippen molar-refractivity contribution in [3.8, 4) is 0 Å². The van der Waals surface area contributed by atoms with E-state index in [1.807, 2.05) is 6.92 Å². The summed E-state index contributed by atoms with van der Waals surface area (Å²) in [6.07, 6.45) is -1.66. The van der Waals surface area contributed by atoms with Crippen LogP contribution < -0.4 is 0 Å². The van der Waals surface area contributed by atoms with Crippen LogP contribution in [-0.2, 0) is 19.6 Å². The van der Waals surface area contributed by atoms with Gasteiger partial charge in [-0.2, -0.15) is 17.5 Å². The predicted octanol–water partition coefficient (Wildman–Crippen LogP) is 0.732. The number of alkyl halides is 3. The van der Waals surface area contributed by atoms with Gasteiger partial charge in [0.2, 0.25) is 10.0 Å². The third-order valence-corrected chi connectivity index (χ3v) is 7.75. The Hall–Kier alpha value is -2.25. The number of carbonyl (C=O) groups is 2. The number of morpholine rings is 1. The first-order chi connectivity index (χ1) is 13.9. The standard InChI is InChI=1S/C15H19N3O4S.C2HF3O2/c1-2-18-10-15-9-17(14(19)11-4-3-5-16-7-11)8-12(22-15)6-13(15)23(18,20)21;3-2(4,5)1(6)7/h3-5,7,12-13H,2,6,8-10H2,1H3;(H,6,7)/t12-,13+,15+;/m1./s1. The van der Waals surface area contributed by atoms with E-state index in [2.05, 4.69) is 4.98 Å². The molecule has 0 saturated carbocycles. The van der Waals surface area contributed by atoms with E-state index in [1.165, 1.54) is 4.31 Å². The average molecular weight is 451 g/mol. The first kappa shape index (κ1) is 22.4. The lowest BCUT2D eigenvalue weighted by Crippen LogP contribution is -2.56. The zero-order chi connectivity index (χ0) is 22.3. The third kappa shape index (κ3) is 4.01. The molecule has 166 valence electrons. The van der Waals surface area contributed by atoms with Crippen LogP contribution in [0.5, 0.6) is 0 Å². The number of rotatable bonds is 2. The van der Waals surface area contributed by atoms with Gasteiger partial charge in [0, 0.05) is 32.0 Å². The highest BCUT2D eigenvalue weighted by molar-refractivity contribution is 7.90. The number of carboxylic acid groups (broad SMARTS) is 1. The largest absolute Gasteiger partial charge is 0.490 e. The molecule has 1 spiro atoms. The molecule has 1 N–H and O–H groups in total. The van der Waals surface area contributed by atoms with E-state index in [1.54, 1.807) is 29.4 Å². The van der Waals surface area contributed by atoms with Crippen LogP contribution in [0.2, 0.25) is 0 Å². The Bertz CT molecular complexity index is 926. The van der Waals surface area contributed by atoms with Crippen LogP contribution in [-0.4, -0.2) is 88.9 Å². The van der Waals surface area contributed by atoms with Crippen molar-refractivity contribution >= 4 is 21.9 Å². The quantitative estimate of drug-likeness (QED) is 0.705. The predicted molar refractivity (Wildman–Crippen MR) is 96.0 cm³/mol. The SMILES string of the molecule is CCN1C[C@@]23CN(C(=O)c4cccnc4)C[C@@H](C[C@@H]2S1(=O)=O)O3.O=C(O)C(F)(F)F. The topological polar surface area (TPSA) is 117 Å². The number of amides is 1. The number of carboxylic acids is 1. The molecule has 1 aromatic rings. The second-order valence-electron chi connectivity index (χ2n) is 7.23. The van der Waals surface area contributed by atoms with Crippen molar-refractivity contribution in [2.24, 2.45) is 0 Å². The summed E-state index contributed by atoms with van der Waals surface area (Å²) < 4.78 is 64.5. The minimum Gasteiger partial charge on any atom is -0.475 e. The molecule has 1 amide bonds. The van der Waals surface area contributed by atoms with Crippen molar-refractivity contribution in [1.29, 1.82) is 0 Å². The molecule has 30 heavy (non-hydrogen) atoms. The Labute approximate surface area is 170 Å². The minimum atomic E-state index is -5.08. The van der Waals surface area contributed by atoms with E-state index in [4.69, 9.17) is 14.6 Å². The lowest BCUT2D eigenvalue weighted by Gasteiger charge is -2.39. The summed E-state index contributed by atoms with van der Waals surface area (Å²) in [5.41, 5.74) is -0.259. The fourth-order valence-corrected chi connectivity index (χ4v) is 6.39. The number of ether oxygens (including phenoxy) is 1. The fraction of sp³-hybridized carbons (Fsp3) is 0.588. The number of likely N-dealkylation sites (tertiary alicyclic amines) is 1. The molecule has 3 fully saturated rings. The molecule has 0 radical (unpaired) electrons. The zero-order valence-electron chi connectivity index (χ0n) is 15.9. The molecule has 0 aromatic carbocycles. The smallest absolute Gasteiger partial charge is 0.475 e. The van der Waals surface area contributed by atoms with Crippen molar-refractivity contribution in [1.82, 2.24) is 14.2 Å². The number of fused-ring (bicyclic) bond motifs is 1. The van der Waals surface area contributed by atoms with Gasteiger partial charge in [-0.15, -0.1) is 0 Å². The Balaban J connectivity index is 0.000000318. The molecule has 0 unspecified atom stereocenters. The summed E-state index contributed by atoms with van der Waals surface area (Å²) in [7, 11) is -3.33. The first-order valence-corrected chi connectivity index (χ1v) is 10.6. The summed E-state index contributed by atoms with van der Waals surface area (Å²) in [6.45, 7) is 3.36. The zero-order valence-corrected chi connectivity index (χ0v) is 16.7. The van der Waals surface area contributed by atoms with E-state index in [-0.39, 0.29) is 12.0 Å². The molecule has 3 aliphatic heterocycles. The monoisotopic (exact) mass is 451 g/mol. The molecule has 1 aromatic heterocycles. The van der Waals surface area contributed by atoms with Crippen LogP contribution >= 0.6 is 0 Å². The number of halogens is 3. The fourth-order valence-electron chi connectivity index (χ4n) is 4.06. The Morgan fingerprint density at radius 1 is 1.37 bits per heavy atom. The number of aliphatic carboxylic acids is 1. The van der Waals surface area contributed by atoms with E-state index < -0.39 is 33.0 Å². The van der Waals surface area contributed by atoms with Gasteiger partial charge >= 0.3 is 12.1 Å². The highest BCUT2D eigenvalue weighted by Crippen LogP contribution is 2.46. The van der Waals surface area contributed by atoms with Crippen molar-refractivity contribution < 1.29 is 41.0 Å². The number of sulfonamides is 1. The molecule has 3 aliphatic rings. The lowest BCUT2D eigenvalue weighted by atomic mass is 9.99. The molecule has 3 atom stereocenters. The average Bonchev–Trinajstić information content (AvgIpc) is 3.06. The van der Waals surface area contributed by atoms with Gasteiger partial charge in [-0.1, -0.05) is 6.92 Å². The van der Waals surface area contributed by atoms with Crippen LogP contribution in [0.25, 0.3) is 0 Å². The maximum atomic E-state index is 12.7. The van der Waals surface area contributed by atoms with Gasteiger partial charge in [0.15, 0.2) is 0 Å². The van der Waals surface area contributed by atoms with Crippen molar-refractivity contribution in [2.45, 2.75) is 36.5 Å². The van der Waals surface area contributed by atoms with Crippen LogP contribution in [0.1, 0.15) is 23.7 Å². The molecule has 9 nitrogen and oxygen atoms in total. The number of hydrogen-bond acceptors (Lipinski definition) is 6. The second-order valence-corrected chi connectivity index (χ2v) is 9.35. The molecule has 0 aliphatic carbocycles. The van der Waals surface area contributed by atoms with Gasteiger partial charge < -0.3 is 14.7 Å². The maximum Gasteiger partial charge on any atom is 0.490 e. The van der Waals surface area contributed by atoms with Crippen molar-refractivity contribution in [3.05, 3.63) is 30.1 Å². The third-order valence-electron chi connectivity index (χ3n) is 5.30. The van der Waals surface area contributed by atoms with Gasteiger partial charge in [-0.05, 0) is 18.6 Å². The molecule has 4 heterocycles. The minimum absolute atomic E-state index is 0.112. The molecular weight excluding hydrogens is 431 g/mol. The van der Waals surface area contributed by atoms with Crippen molar-refractivity contribution in [2.75, 3.05) is 26.2 Å². The number of likely N-dealkylation sites (N-methyl/N-ethyl adjacent to an activating group) is 1. The van der Waals surface area contributed by atoms with E-state index >= 15 is 0 Å². The Morgan fingerprint density at radius 2 is 2.03 bits per heavy atom. The summed E-state index contributed by atoms with van der Waals surface area (Å²) in [6, 6.07) is 3.45. The Kier molecular flexibility index (Phi) is 5.82. The van der Waals surface area contributed by atoms with Crippen molar-refractivity contribution in [3.63, 3.8) is 0 Å². The Morgan fingerprint density at radius 3 is 2.57 bits per heavy atom. The maximum absolute atomic E-state index is 12.7. The number of hydrogen-bond donors (Lipinski definition) is 1. The molecule has 3 saturated heterocycles. The highest BCUT2D eigenvalue weighted by atomic mass is 32.2. The number of nitrogens with zero attached hydrogens (tertiary/aromatic N) is 3. The second kappa shape index (κ2) is 7.78. The van der Waals surface area contributed by atoms with E-state index in [0.717, 1.165) is 0 Å². The van der Waals surface area contributed by atoms with Crippen LogP contribution in [0.3, 0.4) is 0 Å². The number of aromatic nitrogens is 1. The summed E-state index contributed by atoms with van der Waals surface area (Å²) in [5, 5.41) is 6.59. The van der Waals surface area contributed by atoms with Gasteiger partial charge in [0.25, 0.3) is 5.91 Å². The van der Waals surface area contributed by atoms with E-state index in [0.29, 0.717) is 38.2 Å². The number of carbonyl (C=O) groups excluding carboxylic acids is 1. The lowest BCUT2D eigenvalue weighted by molar-refractivity contribution is -0.192. The van der Waals surface area contributed by atoms with Gasteiger partial charge in [0.05, 0.1) is 18.2 Å². The van der Waals surface area contributed by atoms with Gasteiger partial charge in [-0.25, -0.2) is 13.2 Å². The van der Waals surface area contributed by atoms with Crippen LogP contribution in [0.15, 0.2) is 24.5 Å². The molecule has 13 heteroatoms. The van der Waals surface area contributed by atoms with Crippen LogP contribution in [0.4, 0.5) is 13.2 Å². The number of pyridine rings is 1. The van der Waals surface area contributed by atoms with Gasteiger partial charge in [-0.3, -0.25) is 9.78 Å². The summed E-state index contributed by atoms with van der Waals surface area (Å²) in [5.74, 6) is -2.87. The summed E-state index contributed by atoms with van der Waals surface area (Å²) >= 11 is 0. The highest BCUT2D eigenvalue weighted by Gasteiger charge is 2.65. The van der Waals surface area contributed by atoms with Crippen LogP contribution in [0, 0.1) is 0 Å². The molecule has 4 rings (SSSR count). The van der Waals surface area contributed by atoms with E-state index in [9.17, 15) is 26.4 Å². The molecular formula is C17H20F3N3O6S.